The second-order valence-corrected chi connectivity index (χ2v) is 2.97. The van der Waals surface area contributed by atoms with Crippen LogP contribution in [0.15, 0.2) is 0 Å². The Morgan fingerprint density at radius 2 is 0.706 bits per heavy atom. The van der Waals surface area contributed by atoms with Gasteiger partial charge in [-0.15, -0.1) is 0 Å². The van der Waals surface area contributed by atoms with Crippen molar-refractivity contribution in [2.75, 3.05) is 0 Å². The molecule has 118 valence electrons. The van der Waals surface area contributed by atoms with E-state index in [1.54, 1.807) is 0 Å². The van der Waals surface area contributed by atoms with Crippen LogP contribution in [0.5, 0.6) is 0 Å². The lowest BCUT2D eigenvalue weighted by atomic mass is 14.0. The largest absolute Gasteiger partial charge is 0.425 e. The van der Waals surface area contributed by atoms with Gasteiger partial charge in [0.1, 0.15) is 0 Å². The highest BCUT2D eigenvalue weighted by molar-refractivity contribution is 7.83. The number of rotatable bonds is 3. The van der Waals surface area contributed by atoms with Crippen molar-refractivity contribution < 1.29 is 62.0 Å². The van der Waals surface area contributed by atoms with Crippen LogP contribution in [0.2, 0.25) is 0 Å². The molecule has 17 heteroatoms. The molecule has 0 unspecified atom stereocenters. The minimum absolute atomic E-state index is 0. The van der Waals surface area contributed by atoms with Crippen LogP contribution in [-0.2, 0) is 29.5 Å². The van der Waals surface area contributed by atoms with Crippen LogP contribution in [0.25, 0.3) is 0 Å². The molecule has 0 rings (SSSR count). The van der Waals surface area contributed by atoms with Gasteiger partial charge in [-0.05, 0) is 0 Å². The average Bonchev–Trinajstić information content (AvgIpc) is 1.57. The van der Waals surface area contributed by atoms with Gasteiger partial charge in [-0.2, -0.15) is 16.8 Å². The molecular weight excluding hydrogens is 300 g/mol. The van der Waals surface area contributed by atoms with E-state index in [0.29, 0.717) is 0 Å². The van der Waals surface area contributed by atoms with Crippen molar-refractivity contribution in [1.29, 1.82) is 0 Å². The lowest BCUT2D eigenvalue weighted by Gasteiger charge is -1.92. The third-order valence-electron chi connectivity index (χ3n) is 0.200. The first-order valence-electron chi connectivity index (χ1n) is 1.53. The van der Waals surface area contributed by atoms with Crippen molar-refractivity contribution >= 4 is 20.8 Å². The van der Waals surface area contributed by atoms with E-state index in [-0.39, 0.29) is 39.7 Å². The van der Waals surface area contributed by atoms with E-state index in [4.69, 9.17) is 9.11 Å². The lowest BCUT2D eigenvalue weighted by Crippen LogP contribution is -2.10. The molecule has 17 heavy (non-hydrogen) atoms. The van der Waals surface area contributed by atoms with Gasteiger partial charge in [0.2, 0.25) is 0 Å². The van der Waals surface area contributed by atoms with Crippen molar-refractivity contribution in [2.24, 2.45) is 0 Å². The highest BCUT2D eigenvalue weighted by Crippen LogP contribution is 1.92. The van der Waals surface area contributed by atoms with Gasteiger partial charge in [-0.3, -0.25) is 9.11 Å². The normalized spacial score (nSPS) is 7.88. The minimum Gasteiger partial charge on any atom is -0.412 e. The van der Waals surface area contributed by atoms with Crippen molar-refractivity contribution in [3.8, 4) is 0 Å². The molecule has 0 aliphatic heterocycles. The lowest BCUT2D eigenvalue weighted by molar-refractivity contribution is -0.105. The summed E-state index contributed by atoms with van der Waals surface area (Å²) in [5.74, 6) is 0. The van der Waals surface area contributed by atoms with Crippen molar-refractivity contribution in [1.82, 2.24) is 12.3 Å². The standard InChI is InChI=1S/2H3N.H2O8S2.5H2O/c;;1-9(2,3)7-8-10(4,5)6;;;;;/h2*1H3;(H,1,2,3)(H,4,5,6);5*1H2. The second-order valence-electron chi connectivity index (χ2n) is 0.992. The Labute approximate surface area is 95.9 Å². The smallest absolute Gasteiger partial charge is 0.412 e. The molecule has 0 bridgehead atoms. The topological polar surface area (TPSA) is 355 Å². The third-order valence-corrected chi connectivity index (χ3v) is 0.766. The summed E-state index contributed by atoms with van der Waals surface area (Å²) in [5.41, 5.74) is 0. The molecule has 0 aromatic rings. The second kappa shape index (κ2) is 17.8. The number of hydrogen-bond donors (Lipinski definition) is 4. The SMILES string of the molecule is N.N.O.O.O.O.O.O=S(=O)(O)OOS(=O)(=O)O. The van der Waals surface area contributed by atoms with Crippen LogP contribution in [0, 0.1) is 0 Å². The maximum Gasteiger partial charge on any atom is 0.425 e. The molecule has 0 aromatic carbocycles. The summed E-state index contributed by atoms with van der Waals surface area (Å²) in [6.07, 6.45) is 0. The molecule has 0 fully saturated rings. The Morgan fingerprint density at radius 1 is 0.588 bits per heavy atom. The average molecular weight is 318 g/mol. The van der Waals surface area contributed by atoms with Crippen LogP contribution >= 0.6 is 0 Å². The van der Waals surface area contributed by atoms with Gasteiger partial charge >= 0.3 is 20.8 Å². The fraction of sp³-hybridized carbons (Fsp3) is 0. The van der Waals surface area contributed by atoms with E-state index in [1.807, 2.05) is 0 Å². The zero-order valence-corrected chi connectivity index (χ0v) is 9.71. The Kier molecular flexibility index (Phi) is 57.7. The third kappa shape index (κ3) is 67.1. The van der Waals surface area contributed by atoms with Gasteiger partial charge < -0.3 is 39.7 Å². The molecular formula is H18N2O13S2. The van der Waals surface area contributed by atoms with E-state index in [1.165, 1.54) is 0 Å². The van der Waals surface area contributed by atoms with Crippen LogP contribution in [0.1, 0.15) is 0 Å². The predicted octanol–water partition coefficient (Wildman–Crippen LogP) is -5.26. The molecule has 0 heterocycles. The fourth-order valence-electron chi connectivity index (χ4n) is 0.0702. The van der Waals surface area contributed by atoms with Crippen LogP contribution in [0.4, 0.5) is 0 Å². The van der Waals surface area contributed by atoms with E-state index in [2.05, 4.69) is 8.67 Å². The Hall–Kier alpha value is -0.540. The summed E-state index contributed by atoms with van der Waals surface area (Å²) < 4.78 is 58.9. The maximum absolute atomic E-state index is 9.51. The van der Waals surface area contributed by atoms with E-state index in [9.17, 15) is 16.8 Å². The summed E-state index contributed by atoms with van der Waals surface area (Å²) in [6.45, 7) is 0. The van der Waals surface area contributed by atoms with Gasteiger partial charge in [-0.25, -0.2) is 0 Å². The van der Waals surface area contributed by atoms with E-state index < -0.39 is 20.8 Å². The van der Waals surface area contributed by atoms with Gasteiger partial charge in [0.25, 0.3) is 0 Å². The maximum atomic E-state index is 9.51. The zero-order chi connectivity index (χ0) is 8.41. The van der Waals surface area contributed by atoms with E-state index in [0.717, 1.165) is 0 Å². The van der Waals surface area contributed by atoms with Gasteiger partial charge in [0, 0.05) is 0 Å². The Morgan fingerprint density at radius 3 is 0.765 bits per heavy atom. The summed E-state index contributed by atoms with van der Waals surface area (Å²) in [5, 5.41) is 0. The first-order valence-corrected chi connectivity index (χ1v) is 4.26. The summed E-state index contributed by atoms with van der Waals surface area (Å²) in [4.78, 5) is 0. The molecule has 0 aliphatic carbocycles. The molecule has 0 aromatic heterocycles. The molecule has 15 nitrogen and oxygen atoms in total. The molecule has 18 N–H and O–H groups in total. The first kappa shape index (κ1) is 55.0. The fourth-order valence-corrected chi connectivity index (χ4v) is 0.632. The van der Waals surface area contributed by atoms with Crippen molar-refractivity contribution in [2.45, 2.75) is 0 Å². The summed E-state index contributed by atoms with van der Waals surface area (Å²) >= 11 is 0. The van der Waals surface area contributed by atoms with Crippen LogP contribution in [-0.4, -0.2) is 53.3 Å². The number of hydrogen-bond acceptors (Lipinski definition) is 8. The molecule has 0 spiro atoms. The Bertz CT molecular complexity index is 253. The van der Waals surface area contributed by atoms with Crippen molar-refractivity contribution in [3.63, 3.8) is 0 Å². The van der Waals surface area contributed by atoms with Crippen LogP contribution in [0.3, 0.4) is 0 Å². The van der Waals surface area contributed by atoms with Crippen LogP contribution < -0.4 is 12.3 Å². The molecule has 0 saturated carbocycles. The van der Waals surface area contributed by atoms with Crippen molar-refractivity contribution in [3.05, 3.63) is 0 Å². The Balaban J connectivity index is -0.0000000193. The molecule has 0 atom stereocenters. The highest BCUT2D eigenvalue weighted by Gasteiger charge is 2.13. The zero-order valence-electron chi connectivity index (χ0n) is 8.07. The molecule has 0 aliphatic rings. The van der Waals surface area contributed by atoms with Gasteiger partial charge in [0.05, 0.1) is 0 Å². The summed E-state index contributed by atoms with van der Waals surface area (Å²) in [7, 11) is -10.0. The molecule has 0 saturated heterocycles. The minimum atomic E-state index is -5.02. The molecule has 0 radical (unpaired) electrons. The van der Waals surface area contributed by atoms with Gasteiger partial charge in [0.15, 0.2) is 0 Å². The predicted molar refractivity (Wildman–Crippen MR) is 53.4 cm³/mol. The van der Waals surface area contributed by atoms with Gasteiger partial charge in [-0.1, -0.05) is 8.67 Å². The summed E-state index contributed by atoms with van der Waals surface area (Å²) in [6, 6.07) is 0. The first-order chi connectivity index (χ1) is 4.21. The van der Waals surface area contributed by atoms with E-state index >= 15 is 0 Å². The molecule has 0 amide bonds. The highest BCUT2D eigenvalue weighted by atomic mass is 32.3. The monoisotopic (exact) mass is 318 g/mol. The quantitative estimate of drug-likeness (QED) is 0.217.